The van der Waals surface area contributed by atoms with Crippen molar-refractivity contribution in [3.05, 3.63) is 33.9 Å². The first-order valence-corrected chi connectivity index (χ1v) is 8.45. The third kappa shape index (κ3) is 3.06. The number of carbonyl (C=O) groups excluding carboxylic acids is 2. The normalized spacial score (nSPS) is 15.0. The summed E-state index contributed by atoms with van der Waals surface area (Å²) in [6.07, 6.45) is 2.19. The van der Waals surface area contributed by atoms with E-state index >= 15 is 0 Å². The van der Waals surface area contributed by atoms with Crippen molar-refractivity contribution < 1.29 is 28.6 Å². The van der Waals surface area contributed by atoms with Crippen molar-refractivity contribution in [1.82, 2.24) is 9.47 Å². The molecule has 0 radical (unpaired) electrons. The highest BCUT2D eigenvalue weighted by molar-refractivity contribution is 5.98. The van der Waals surface area contributed by atoms with E-state index in [1.54, 1.807) is 11.5 Å². The van der Waals surface area contributed by atoms with Crippen LogP contribution in [0.3, 0.4) is 0 Å². The number of hydrogen-bond acceptors (Lipinski definition) is 5. The Kier molecular flexibility index (Phi) is 5.04. The van der Waals surface area contributed by atoms with Crippen LogP contribution in [0, 0.1) is 5.82 Å². The van der Waals surface area contributed by atoms with Crippen molar-refractivity contribution in [2.45, 2.75) is 13.0 Å². The molecule has 0 saturated carbocycles. The summed E-state index contributed by atoms with van der Waals surface area (Å²) in [5.74, 6) is -2.32. The number of amides is 2. The molecule has 2 aromatic rings. The third-order valence-corrected chi connectivity index (χ3v) is 4.66. The van der Waals surface area contributed by atoms with Gasteiger partial charge < -0.3 is 24.2 Å². The molecular weight excluding hydrogens is 373 g/mol. The molecule has 9 nitrogen and oxygen atoms in total. The highest BCUT2D eigenvalue weighted by Crippen LogP contribution is 2.41. The second-order valence-electron chi connectivity index (χ2n) is 6.56. The van der Waals surface area contributed by atoms with Crippen LogP contribution in [0.1, 0.15) is 23.3 Å². The Labute approximate surface area is 158 Å². The maximum Gasteiger partial charge on any atom is 0.341 e. The second-order valence-corrected chi connectivity index (χ2v) is 6.56. The first kappa shape index (κ1) is 19.3. The zero-order chi connectivity index (χ0) is 20.6. The van der Waals surface area contributed by atoms with Crippen LogP contribution >= 0.6 is 0 Å². The second kappa shape index (κ2) is 7.29. The molecule has 0 unspecified atom stereocenters. The lowest BCUT2D eigenvalue weighted by atomic mass is 10.1. The number of anilines is 1. The molecule has 148 valence electrons. The van der Waals surface area contributed by atoms with Gasteiger partial charge >= 0.3 is 5.97 Å². The van der Waals surface area contributed by atoms with E-state index in [1.165, 1.54) is 18.1 Å². The number of aromatic carboxylic acids is 1. The maximum absolute atomic E-state index is 14.9. The van der Waals surface area contributed by atoms with Crippen molar-refractivity contribution in [2.24, 2.45) is 0 Å². The smallest absolute Gasteiger partial charge is 0.341 e. The SMILES string of the molecule is C[C@H]1COc2c(N(C=O)CCN(C)C=O)c(F)cc3c(=O)c(C(=O)O)cn1c23. The molecule has 1 atom stereocenters. The van der Waals surface area contributed by atoms with Crippen LogP contribution in [0.5, 0.6) is 5.75 Å². The number of carboxylic acids is 1. The van der Waals surface area contributed by atoms with Gasteiger partial charge in [-0.1, -0.05) is 0 Å². The number of pyridine rings is 1. The molecule has 10 heteroatoms. The van der Waals surface area contributed by atoms with E-state index < -0.39 is 22.8 Å². The number of nitrogens with zero attached hydrogens (tertiary/aromatic N) is 3. The first-order valence-electron chi connectivity index (χ1n) is 8.45. The van der Waals surface area contributed by atoms with E-state index in [2.05, 4.69) is 0 Å². The molecule has 0 spiro atoms. The Bertz CT molecular complexity index is 1030. The van der Waals surface area contributed by atoms with Gasteiger partial charge in [0.15, 0.2) is 11.6 Å². The number of likely N-dealkylation sites (N-methyl/N-ethyl adjacent to an activating group) is 1. The van der Waals surface area contributed by atoms with Crippen LogP contribution in [0.25, 0.3) is 10.9 Å². The molecule has 0 fully saturated rings. The minimum atomic E-state index is -1.41. The minimum absolute atomic E-state index is 0.00449. The first-order chi connectivity index (χ1) is 13.3. The lowest BCUT2D eigenvalue weighted by molar-refractivity contribution is -0.117. The van der Waals surface area contributed by atoms with Gasteiger partial charge in [-0.25, -0.2) is 9.18 Å². The van der Waals surface area contributed by atoms with Crippen molar-refractivity contribution in [3.63, 3.8) is 0 Å². The molecule has 0 aliphatic carbocycles. The van der Waals surface area contributed by atoms with Crippen molar-refractivity contribution in [3.8, 4) is 5.75 Å². The van der Waals surface area contributed by atoms with Gasteiger partial charge in [0.25, 0.3) is 0 Å². The molecule has 2 heterocycles. The van der Waals surface area contributed by atoms with Crippen LogP contribution < -0.4 is 15.1 Å². The van der Waals surface area contributed by atoms with Gasteiger partial charge in [0.2, 0.25) is 18.2 Å². The quantitative estimate of drug-likeness (QED) is 0.701. The summed E-state index contributed by atoms with van der Waals surface area (Å²) in [6, 6.07) is 0.610. The Hall–Kier alpha value is -3.43. The zero-order valence-corrected chi connectivity index (χ0v) is 15.2. The average molecular weight is 391 g/mol. The summed E-state index contributed by atoms with van der Waals surface area (Å²) in [5.41, 5.74) is -1.24. The number of hydrogen-bond donors (Lipinski definition) is 1. The number of carbonyl (C=O) groups is 3. The molecule has 2 amide bonds. The summed E-state index contributed by atoms with van der Waals surface area (Å²) in [4.78, 5) is 48.6. The number of rotatable bonds is 7. The summed E-state index contributed by atoms with van der Waals surface area (Å²) in [6.45, 7) is 2.02. The fraction of sp³-hybridized carbons (Fsp3) is 0.333. The van der Waals surface area contributed by atoms with Gasteiger partial charge in [0, 0.05) is 26.3 Å². The van der Waals surface area contributed by atoms with E-state index in [0.29, 0.717) is 12.8 Å². The molecule has 28 heavy (non-hydrogen) atoms. The lowest BCUT2D eigenvalue weighted by Crippen LogP contribution is -2.34. The fourth-order valence-corrected chi connectivity index (χ4v) is 3.17. The summed E-state index contributed by atoms with van der Waals surface area (Å²) < 4.78 is 22.1. The Morgan fingerprint density at radius 3 is 2.71 bits per heavy atom. The van der Waals surface area contributed by atoms with Gasteiger partial charge in [0.1, 0.15) is 17.9 Å². The summed E-state index contributed by atoms with van der Waals surface area (Å²) in [7, 11) is 1.51. The van der Waals surface area contributed by atoms with E-state index in [0.717, 1.165) is 11.0 Å². The zero-order valence-electron chi connectivity index (χ0n) is 15.2. The van der Waals surface area contributed by atoms with Gasteiger partial charge in [-0.2, -0.15) is 0 Å². The minimum Gasteiger partial charge on any atom is -0.487 e. The predicted octanol–water partition coefficient (Wildman–Crippen LogP) is 0.843. The molecule has 0 bridgehead atoms. The van der Waals surface area contributed by atoms with E-state index in [1.807, 2.05) is 0 Å². The Balaban J connectivity index is 2.27. The highest BCUT2D eigenvalue weighted by Gasteiger charge is 2.30. The number of halogens is 1. The largest absolute Gasteiger partial charge is 0.487 e. The molecule has 1 aromatic carbocycles. The monoisotopic (exact) mass is 391 g/mol. The van der Waals surface area contributed by atoms with Gasteiger partial charge in [-0.05, 0) is 13.0 Å². The van der Waals surface area contributed by atoms with Crippen LogP contribution in [-0.2, 0) is 9.59 Å². The Morgan fingerprint density at radius 1 is 1.39 bits per heavy atom. The fourth-order valence-electron chi connectivity index (χ4n) is 3.17. The Morgan fingerprint density at radius 2 is 2.11 bits per heavy atom. The van der Waals surface area contributed by atoms with Crippen molar-refractivity contribution in [2.75, 3.05) is 31.6 Å². The number of carboxylic acid groups (broad SMARTS) is 1. The van der Waals surface area contributed by atoms with Gasteiger partial charge in [0.05, 0.1) is 16.9 Å². The van der Waals surface area contributed by atoms with Crippen molar-refractivity contribution >= 4 is 35.4 Å². The van der Waals surface area contributed by atoms with E-state index in [-0.39, 0.29) is 48.1 Å². The highest BCUT2D eigenvalue weighted by atomic mass is 19.1. The van der Waals surface area contributed by atoms with E-state index in [4.69, 9.17) is 4.74 Å². The third-order valence-electron chi connectivity index (χ3n) is 4.66. The van der Waals surface area contributed by atoms with Crippen LogP contribution in [0.2, 0.25) is 0 Å². The molecule has 0 saturated heterocycles. The van der Waals surface area contributed by atoms with Crippen LogP contribution in [-0.4, -0.2) is 60.1 Å². The van der Waals surface area contributed by atoms with Crippen LogP contribution in [0.4, 0.5) is 10.1 Å². The topological polar surface area (TPSA) is 109 Å². The van der Waals surface area contributed by atoms with Gasteiger partial charge in [-0.15, -0.1) is 0 Å². The average Bonchev–Trinajstić information content (AvgIpc) is 2.67. The van der Waals surface area contributed by atoms with Crippen LogP contribution in [0.15, 0.2) is 17.1 Å². The molecule has 3 rings (SSSR count). The molecular formula is C18H18FN3O6. The molecule has 1 aliphatic rings. The van der Waals surface area contributed by atoms with E-state index in [9.17, 15) is 28.7 Å². The number of benzene rings is 1. The predicted molar refractivity (Wildman–Crippen MR) is 97.4 cm³/mol. The summed E-state index contributed by atoms with van der Waals surface area (Å²) >= 11 is 0. The number of aromatic nitrogens is 1. The lowest BCUT2D eigenvalue weighted by Gasteiger charge is -2.31. The van der Waals surface area contributed by atoms with Gasteiger partial charge in [-0.3, -0.25) is 14.4 Å². The number of ether oxygens (including phenoxy) is 1. The molecule has 1 N–H and O–H groups in total. The molecule has 1 aromatic heterocycles. The standard InChI is InChI=1S/C18H18FN3O6/c1-10-7-28-17-14-11(16(25)12(18(26)27)6-22(10)14)5-13(19)15(17)21(9-24)4-3-20(2)8-23/h5-6,8-10H,3-4,7H2,1-2H3,(H,26,27)/t10-/m0/s1. The molecule has 1 aliphatic heterocycles. The summed E-state index contributed by atoms with van der Waals surface area (Å²) in [5, 5.41) is 9.15. The maximum atomic E-state index is 14.9. The van der Waals surface area contributed by atoms with Crippen molar-refractivity contribution in [1.29, 1.82) is 0 Å².